The van der Waals surface area contributed by atoms with E-state index < -0.39 is 11.9 Å². The third-order valence-electron chi connectivity index (χ3n) is 1.94. The Bertz CT molecular complexity index is 440. The monoisotopic (exact) mass is 257 g/mol. The molecule has 0 fully saturated rings. The summed E-state index contributed by atoms with van der Waals surface area (Å²) in [6, 6.07) is 6.66. The fourth-order valence-corrected chi connectivity index (χ4v) is 1.64. The van der Waals surface area contributed by atoms with E-state index in [1.54, 1.807) is 25.1 Å². The van der Waals surface area contributed by atoms with Crippen LogP contribution in [0, 0.1) is 11.3 Å². The van der Waals surface area contributed by atoms with Crippen LogP contribution in [0.25, 0.3) is 0 Å². The van der Waals surface area contributed by atoms with Gasteiger partial charge in [-0.1, -0.05) is 35.3 Å². The molecule has 0 saturated heterocycles. The molecular formula is C11H9Cl2NO2. The molecule has 1 atom stereocenters. The number of hydrogen-bond acceptors (Lipinski definition) is 3. The van der Waals surface area contributed by atoms with Crippen LogP contribution in [0.15, 0.2) is 18.2 Å². The number of hydrogen-bond donors (Lipinski definition) is 0. The van der Waals surface area contributed by atoms with Crippen LogP contribution in [0.4, 0.5) is 0 Å². The van der Waals surface area contributed by atoms with Crippen molar-refractivity contribution in [3.05, 3.63) is 33.8 Å². The quantitative estimate of drug-likeness (QED) is 0.782. The van der Waals surface area contributed by atoms with Crippen LogP contribution in [0.3, 0.4) is 0 Å². The molecule has 0 N–H and O–H groups in total. The summed E-state index contributed by atoms with van der Waals surface area (Å²) in [6.45, 7) is 1.89. The first-order chi connectivity index (χ1) is 7.61. The summed E-state index contributed by atoms with van der Waals surface area (Å²) >= 11 is 11.7. The van der Waals surface area contributed by atoms with Gasteiger partial charge in [-0.05, 0) is 13.0 Å². The van der Waals surface area contributed by atoms with Gasteiger partial charge >= 0.3 is 5.97 Å². The van der Waals surface area contributed by atoms with Gasteiger partial charge in [-0.2, -0.15) is 5.26 Å². The minimum atomic E-state index is -1.04. The second kappa shape index (κ2) is 5.74. The number of nitriles is 1. The van der Waals surface area contributed by atoms with E-state index in [2.05, 4.69) is 0 Å². The Morgan fingerprint density at radius 1 is 1.56 bits per heavy atom. The van der Waals surface area contributed by atoms with Crippen LogP contribution >= 0.6 is 23.2 Å². The summed E-state index contributed by atoms with van der Waals surface area (Å²) in [4.78, 5) is 11.5. The van der Waals surface area contributed by atoms with E-state index in [-0.39, 0.29) is 11.6 Å². The molecule has 0 aromatic heterocycles. The van der Waals surface area contributed by atoms with Gasteiger partial charge in [0.2, 0.25) is 0 Å². The average molecular weight is 258 g/mol. The Morgan fingerprint density at radius 2 is 2.25 bits per heavy atom. The molecule has 0 aliphatic carbocycles. The highest BCUT2D eigenvalue weighted by atomic mass is 35.5. The van der Waals surface area contributed by atoms with E-state index in [0.29, 0.717) is 10.6 Å². The fourth-order valence-electron chi connectivity index (χ4n) is 1.22. The molecular weight excluding hydrogens is 249 g/mol. The summed E-state index contributed by atoms with van der Waals surface area (Å²) in [5.41, 5.74) is 0.370. The first kappa shape index (κ1) is 12.8. The van der Waals surface area contributed by atoms with Gasteiger partial charge in [-0.25, -0.2) is 0 Å². The Labute approximate surface area is 104 Å². The molecule has 0 amide bonds. The van der Waals surface area contributed by atoms with Crippen LogP contribution in [0.2, 0.25) is 10.0 Å². The lowest BCUT2D eigenvalue weighted by Gasteiger charge is -2.10. The Kier molecular flexibility index (Phi) is 4.60. The van der Waals surface area contributed by atoms with Gasteiger partial charge in [0.1, 0.15) is 0 Å². The Morgan fingerprint density at radius 3 is 2.81 bits per heavy atom. The first-order valence-electron chi connectivity index (χ1n) is 4.62. The molecule has 0 bridgehead atoms. The van der Waals surface area contributed by atoms with Crippen molar-refractivity contribution in [2.24, 2.45) is 0 Å². The number of nitrogens with zero attached hydrogens (tertiary/aromatic N) is 1. The normalized spacial score (nSPS) is 11.6. The molecule has 16 heavy (non-hydrogen) atoms. The Balaban J connectivity index is 3.10. The van der Waals surface area contributed by atoms with E-state index in [1.165, 1.54) is 0 Å². The number of carbonyl (C=O) groups is 1. The largest absolute Gasteiger partial charge is 0.465 e. The summed E-state index contributed by atoms with van der Waals surface area (Å²) in [6.07, 6.45) is 0. The van der Waals surface area contributed by atoms with Crippen LogP contribution in [-0.2, 0) is 9.53 Å². The van der Waals surface area contributed by atoms with E-state index >= 15 is 0 Å². The lowest BCUT2D eigenvalue weighted by Crippen LogP contribution is -2.14. The number of esters is 1. The summed E-state index contributed by atoms with van der Waals surface area (Å²) in [5, 5.41) is 9.46. The van der Waals surface area contributed by atoms with Gasteiger partial charge < -0.3 is 4.74 Å². The molecule has 0 heterocycles. The van der Waals surface area contributed by atoms with Crippen LogP contribution in [0.5, 0.6) is 0 Å². The molecule has 5 heteroatoms. The third-order valence-corrected chi connectivity index (χ3v) is 2.78. The van der Waals surface area contributed by atoms with E-state index in [1.807, 2.05) is 6.07 Å². The van der Waals surface area contributed by atoms with Crippen LogP contribution in [0.1, 0.15) is 18.4 Å². The summed E-state index contributed by atoms with van der Waals surface area (Å²) < 4.78 is 4.78. The van der Waals surface area contributed by atoms with Crippen molar-refractivity contribution in [2.45, 2.75) is 12.8 Å². The topological polar surface area (TPSA) is 50.1 Å². The molecule has 0 spiro atoms. The zero-order valence-corrected chi connectivity index (χ0v) is 10.0. The molecule has 1 unspecified atom stereocenters. The van der Waals surface area contributed by atoms with Crippen LogP contribution < -0.4 is 0 Å². The number of halogens is 2. The standard InChI is InChI=1S/C11H9Cl2NO2/c1-2-16-11(15)8(6-14)7-4-3-5-9(12)10(7)13/h3-5,8H,2H2,1H3. The molecule has 84 valence electrons. The zero-order valence-electron chi connectivity index (χ0n) is 8.54. The molecule has 3 nitrogen and oxygen atoms in total. The van der Waals surface area contributed by atoms with Crippen molar-refractivity contribution < 1.29 is 9.53 Å². The second-order valence-electron chi connectivity index (χ2n) is 2.96. The number of carbonyl (C=O) groups excluding carboxylic acids is 1. The lowest BCUT2D eigenvalue weighted by molar-refractivity contribution is -0.143. The Hall–Kier alpha value is -1.24. The van der Waals surface area contributed by atoms with Crippen molar-refractivity contribution >= 4 is 29.2 Å². The van der Waals surface area contributed by atoms with Crippen molar-refractivity contribution in [1.82, 2.24) is 0 Å². The van der Waals surface area contributed by atoms with Gasteiger partial charge in [0.05, 0.1) is 22.7 Å². The van der Waals surface area contributed by atoms with Crippen molar-refractivity contribution in [3.8, 4) is 6.07 Å². The maximum atomic E-state index is 11.5. The summed E-state index contributed by atoms with van der Waals surface area (Å²) in [7, 11) is 0. The van der Waals surface area contributed by atoms with Gasteiger partial charge in [0.15, 0.2) is 5.92 Å². The van der Waals surface area contributed by atoms with E-state index in [9.17, 15) is 4.79 Å². The second-order valence-corrected chi connectivity index (χ2v) is 3.74. The molecule has 1 aromatic rings. The molecule has 1 aromatic carbocycles. The number of benzene rings is 1. The van der Waals surface area contributed by atoms with Crippen molar-refractivity contribution in [1.29, 1.82) is 5.26 Å². The molecule has 0 aliphatic rings. The maximum Gasteiger partial charge on any atom is 0.327 e. The minimum Gasteiger partial charge on any atom is -0.465 e. The highest BCUT2D eigenvalue weighted by Gasteiger charge is 2.24. The molecule has 0 radical (unpaired) electrons. The maximum absolute atomic E-state index is 11.5. The van der Waals surface area contributed by atoms with Gasteiger partial charge in [-0.3, -0.25) is 4.79 Å². The highest BCUT2D eigenvalue weighted by molar-refractivity contribution is 6.42. The third kappa shape index (κ3) is 2.66. The summed E-state index contributed by atoms with van der Waals surface area (Å²) in [5.74, 6) is -1.65. The predicted octanol–water partition coefficient (Wildman–Crippen LogP) is 3.16. The molecule has 0 aliphatic heterocycles. The fraction of sp³-hybridized carbons (Fsp3) is 0.273. The SMILES string of the molecule is CCOC(=O)C(C#N)c1cccc(Cl)c1Cl. The van der Waals surface area contributed by atoms with Crippen LogP contribution in [-0.4, -0.2) is 12.6 Å². The smallest absolute Gasteiger partial charge is 0.327 e. The van der Waals surface area contributed by atoms with E-state index in [4.69, 9.17) is 33.2 Å². The minimum absolute atomic E-state index is 0.212. The highest BCUT2D eigenvalue weighted by Crippen LogP contribution is 2.31. The predicted molar refractivity (Wildman–Crippen MR) is 61.4 cm³/mol. The lowest BCUT2D eigenvalue weighted by atomic mass is 10.0. The van der Waals surface area contributed by atoms with Crippen molar-refractivity contribution in [3.63, 3.8) is 0 Å². The first-order valence-corrected chi connectivity index (χ1v) is 5.37. The molecule has 0 saturated carbocycles. The number of rotatable bonds is 3. The van der Waals surface area contributed by atoms with Gasteiger partial charge in [0.25, 0.3) is 0 Å². The van der Waals surface area contributed by atoms with Crippen molar-refractivity contribution in [2.75, 3.05) is 6.61 Å². The average Bonchev–Trinajstić information content (AvgIpc) is 2.25. The zero-order chi connectivity index (χ0) is 12.1. The van der Waals surface area contributed by atoms with Gasteiger partial charge in [-0.15, -0.1) is 0 Å². The molecule has 1 rings (SSSR count). The number of ether oxygens (including phenoxy) is 1. The van der Waals surface area contributed by atoms with E-state index in [0.717, 1.165) is 0 Å². The van der Waals surface area contributed by atoms with Gasteiger partial charge in [0, 0.05) is 5.56 Å².